The first-order chi connectivity index (χ1) is 18.9. The molecule has 2 saturated heterocycles. The molecule has 8 heteroatoms. The lowest BCUT2D eigenvalue weighted by molar-refractivity contribution is -0.137. The maximum atomic E-state index is 14.9. The summed E-state index contributed by atoms with van der Waals surface area (Å²) in [6.45, 7) is 4.45. The molecule has 0 saturated carbocycles. The molecule has 2 spiro atoms. The predicted molar refractivity (Wildman–Crippen MR) is 143 cm³/mol. The van der Waals surface area contributed by atoms with Crippen LogP contribution in [-0.4, -0.2) is 41.7 Å². The van der Waals surface area contributed by atoms with Gasteiger partial charge in [-0.15, -0.1) is 0 Å². The van der Waals surface area contributed by atoms with Crippen LogP contribution in [0.3, 0.4) is 0 Å². The number of nitrogens with zero attached hydrogens (tertiary/aromatic N) is 1. The van der Waals surface area contributed by atoms with Crippen molar-refractivity contribution in [1.29, 1.82) is 0 Å². The number of amides is 2. The van der Waals surface area contributed by atoms with Gasteiger partial charge in [0.1, 0.15) is 29.1 Å². The highest BCUT2D eigenvalue weighted by molar-refractivity contribution is 6.21. The van der Waals surface area contributed by atoms with Gasteiger partial charge < -0.3 is 15.4 Å². The third-order valence-electron chi connectivity index (χ3n) is 8.83. The third kappa shape index (κ3) is 2.87. The summed E-state index contributed by atoms with van der Waals surface area (Å²) < 4.78 is 20.6. The summed E-state index contributed by atoms with van der Waals surface area (Å²) in [5.41, 5.74) is -0.844. The van der Waals surface area contributed by atoms with Crippen molar-refractivity contribution in [2.75, 3.05) is 23.8 Å². The Morgan fingerprint density at radius 3 is 2.67 bits per heavy atom. The molecular weight excluding hydrogens is 497 g/mol. The zero-order chi connectivity index (χ0) is 26.9. The fourth-order valence-corrected chi connectivity index (χ4v) is 7.62. The van der Waals surface area contributed by atoms with Crippen molar-refractivity contribution in [3.63, 3.8) is 0 Å². The molecule has 2 fully saturated rings. The molecule has 0 bridgehead atoms. The molecule has 4 atom stereocenters. The highest BCUT2D eigenvalue weighted by atomic mass is 19.1. The van der Waals surface area contributed by atoms with Crippen LogP contribution in [0.25, 0.3) is 0 Å². The van der Waals surface area contributed by atoms with Crippen LogP contribution in [-0.2, 0) is 20.5 Å². The van der Waals surface area contributed by atoms with Gasteiger partial charge in [0.05, 0.1) is 5.92 Å². The number of para-hydroxylation sites is 1. The maximum absolute atomic E-state index is 14.9. The van der Waals surface area contributed by atoms with Crippen LogP contribution >= 0.6 is 0 Å². The maximum Gasteiger partial charge on any atom is 0.251 e. The van der Waals surface area contributed by atoms with E-state index in [4.69, 9.17) is 4.74 Å². The number of hydrogen-bond acceptors (Lipinski definition) is 5. The minimum atomic E-state index is -1.62. The monoisotopic (exact) mass is 523 g/mol. The van der Waals surface area contributed by atoms with Gasteiger partial charge in [-0.3, -0.25) is 19.3 Å². The van der Waals surface area contributed by atoms with E-state index in [-0.39, 0.29) is 12.4 Å². The van der Waals surface area contributed by atoms with Crippen LogP contribution in [0.15, 0.2) is 79.4 Å². The number of hydrogen-bond donors (Lipinski definition) is 2. The van der Waals surface area contributed by atoms with Gasteiger partial charge in [-0.1, -0.05) is 43.0 Å². The zero-order valence-electron chi connectivity index (χ0n) is 21.1. The van der Waals surface area contributed by atoms with Crippen molar-refractivity contribution in [1.82, 2.24) is 4.90 Å². The van der Waals surface area contributed by atoms with Gasteiger partial charge in [-0.05, 0) is 61.3 Å². The van der Waals surface area contributed by atoms with E-state index in [2.05, 4.69) is 17.2 Å². The number of ether oxygens (including phenoxy) is 1. The molecule has 4 heterocycles. The smallest absolute Gasteiger partial charge is 0.251 e. The lowest BCUT2D eigenvalue weighted by Gasteiger charge is -2.43. The van der Waals surface area contributed by atoms with E-state index < -0.39 is 40.5 Å². The molecular formula is C31H26FN3O4. The standard InChI is InChI=1S/C31H26FN3O4/c1-2-15-39-20-8-5-7-18(16-20)27(36)26-25-11-6-14-35(25)31(22-17-19(32)12-13-24(22)34-29(31)38)30(26)21-9-3-4-10-23(21)33-28(30)37/h2-5,7-10,12-13,16-17,25-26H,1,6,11,14-15H2,(H,33,37)(H,34,38)/t25-,26-,30+,31+/m0/s1. The predicted octanol–water partition coefficient (Wildman–Crippen LogP) is 4.41. The molecule has 196 valence electrons. The second kappa shape index (κ2) is 8.35. The van der Waals surface area contributed by atoms with Crippen LogP contribution in [0.2, 0.25) is 0 Å². The molecule has 7 nitrogen and oxygen atoms in total. The molecule has 4 aliphatic rings. The van der Waals surface area contributed by atoms with Gasteiger partial charge in [0, 0.05) is 28.5 Å². The fourth-order valence-electron chi connectivity index (χ4n) is 7.62. The van der Waals surface area contributed by atoms with E-state index in [1.807, 2.05) is 17.0 Å². The van der Waals surface area contributed by atoms with Crippen molar-refractivity contribution in [3.8, 4) is 5.75 Å². The van der Waals surface area contributed by atoms with Crippen LogP contribution in [0.4, 0.5) is 15.8 Å². The second-order valence-electron chi connectivity index (χ2n) is 10.5. The highest BCUT2D eigenvalue weighted by Crippen LogP contribution is 2.67. The summed E-state index contributed by atoms with van der Waals surface area (Å²) in [7, 11) is 0. The Bertz CT molecular complexity index is 1590. The highest BCUT2D eigenvalue weighted by Gasteiger charge is 2.81. The molecule has 39 heavy (non-hydrogen) atoms. The molecule has 0 aromatic heterocycles. The minimum Gasteiger partial charge on any atom is -0.490 e. The largest absolute Gasteiger partial charge is 0.490 e. The Balaban J connectivity index is 1.52. The summed E-state index contributed by atoms with van der Waals surface area (Å²) in [5, 5.41) is 5.92. The molecule has 3 aromatic rings. The summed E-state index contributed by atoms with van der Waals surface area (Å²) in [6.07, 6.45) is 2.99. The van der Waals surface area contributed by atoms with Crippen LogP contribution in [0.5, 0.6) is 5.75 Å². The van der Waals surface area contributed by atoms with Crippen LogP contribution in [0, 0.1) is 11.7 Å². The Morgan fingerprint density at radius 1 is 1.03 bits per heavy atom. The van der Waals surface area contributed by atoms with E-state index in [9.17, 15) is 18.8 Å². The molecule has 3 aromatic carbocycles. The molecule has 0 aliphatic carbocycles. The Morgan fingerprint density at radius 2 is 1.82 bits per heavy atom. The number of benzene rings is 3. The number of Topliss-reactive ketones (excluding diaryl/α,β-unsaturated/α-hetero) is 1. The Labute approximate surface area is 224 Å². The van der Waals surface area contributed by atoms with Crippen molar-refractivity contribution in [2.45, 2.75) is 29.8 Å². The van der Waals surface area contributed by atoms with Crippen molar-refractivity contribution in [3.05, 3.63) is 102 Å². The van der Waals surface area contributed by atoms with Gasteiger partial charge in [0.2, 0.25) is 5.91 Å². The number of ketones is 1. The average Bonchev–Trinajstić information content (AvgIpc) is 3.66. The minimum absolute atomic E-state index is 0.252. The van der Waals surface area contributed by atoms with Crippen LogP contribution in [0.1, 0.15) is 34.3 Å². The number of carbonyl (C=O) groups excluding carboxylic acids is 3. The van der Waals surface area contributed by atoms with Crippen molar-refractivity contribution in [2.24, 2.45) is 5.92 Å². The lowest BCUT2D eigenvalue weighted by atomic mass is 9.57. The zero-order valence-corrected chi connectivity index (χ0v) is 21.1. The first-order valence-corrected chi connectivity index (χ1v) is 13.1. The fraction of sp³-hybridized carbons (Fsp3) is 0.258. The number of fused-ring (bicyclic) bond motifs is 7. The Hall–Kier alpha value is -4.30. The van der Waals surface area contributed by atoms with Gasteiger partial charge in [-0.2, -0.15) is 0 Å². The molecule has 0 radical (unpaired) electrons. The summed E-state index contributed by atoms with van der Waals surface area (Å²) >= 11 is 0. The number of halogens is 1. The number of nitrogens with one attached hydrogen (secondary N) is 2. The van der Waals surface area contributed by atoms with Crippen molar-refractivity contribution >= 4 is 29.0 Å². The molecule has 7 rings (SSSR count). The molecule has 0 unspecified atom stereocenters. The quantitative estimate of drug-likeness (QED) is 0.382. The van der Waals surface area contributed by atoms with E-state index in [0.29, 0.717) is 46.8 Å². The average molecular weight is 524 g/mol. The first kappa shape index (κ1) is 23.8. The lowest BCUT2D eigenvalue weighted by Crippen LogP contribution is -2.62. The van der Waals surface area contributed by atoms with E-state index in [0.717, 1.165) is 6.42 Å². The second-order valence-corrected chi connectivity index (χ2v) is 10.5. The normalized spacial score (nSPS) is 28.2. The SMILES string of the molecule is C=CCOc1cccc(C(=O)[C@@H]2[C@@H]3CCCN3[C@]3(C(=O)Nc4ccc(F)cc43)[C@@]23C(=O)Nc2ccccc23)c1. The van der Waals surface area contributed by atoms with Gasteiger partial charge in [0.15, 0.2) is 5.78 Å². The first-order valence-electron chi connectivity index (χ1n) is 13.1. The number of rotatable bonds is 5. The van der Waals surface area contributed by atoms with Crippen LogP contribution < -0.4 is 15.4 Å². The molecule has 2 N–H and O–H groups in total. The third-order valence-corrected chi connectivity index (χ3v) is 8.83. The topological polar surface area (TPSA) is 87.7 Å². The van der Waals surface area contributed by atoms with Gasteiger partial charge in [-0.25, -0.2) is 4.39 Å². The summed E-state index contributed by atoms with van der Waals surface area (Å²) in [6, 6.07) is 17.8. The number of anilines is 2. The van der Waals surface area contributed by atoms with Gasteiger partial charge >= 0.3 is 0 Å². The Kier molecular flexibility index (Phi) is 5.09. The molecule has 2 amide bonds. The van der Waals surface area contributed by atoms with Crippen molar-refractivity contribution < 1.29 is 23.5 Å². The van der Waals surface area contributed by atoms with E-state index in [1.54, 1.807) is 42.5 Å². The number of carbonyl (C=O) groups is 3. The van der Waals surface area contributed by atoms with Gasteiger partial charge in [0.25, 0.3) is 5.91 Å². The summed E-state index contributed by atoms with van der Waals surface area (Å²) in [4.78, 5) is 45.4. The molecule has 4 aliphatic heterocycles. The van der Waals surface area contributed by atoms with E-state index in [1.165, 1.54) is 18.2 Å². The summed E-state index contributed by atoms with van der Waals surface area (Å²) in [5.74, 6) is -2.00. The van der Waals surface area contributed by atoms with E-state index >= 15 is 0 Å².